The monoisotopic (exact) mass is 583 g/mol. The van der Waals surface area contributed by atoms with Gasteiger partial charge in [-0.1, -0.05) is 46.9 Å². The van der Waals surface area contributed by atoms with Crippen LogP contribution in [0.1, 0.15) is 37.7 Å². The van der Waals surface area contributed by atoms with Gasteiger partial charge < -0.3 is 10.2 Å². The molecule has 2 aliphatic carbocycles. The Kier molecular flexibility index (Phi) is 6.47. The van der Waals surface area contributed by atoms with Crippen molar-refractivity contribution in [1.82, 2.24) is 10.2 Å². The number of likely N-dealkylation sites (tertiary alicyclic amines) is 1. The van der Waals surface area contributed by atoms with Crippen molar-refractivity contribution in [3.8, 4) is 6.07 Å². The van der Waals surface area contributed by atoms with Crippen LogP contribution in [0.15, 0.2) is 41.3 Å². The maximum Gasteiger partial charge on any atom is 0.244 e. The number of hydrogen-bond donors (Lipinski definition) is 1. The highest BCUT2D eigenvalue weighted by Gasteiger charge is 2.59. The number of sulfone groups is 1. The van der Waals surface area contributed by atoms with Crippen LogP contribution < -0.4 is 5.32 Å². The number of carbonyl (C=O) groups is 2. The van der Waals surface area contributed by atoms with E-state index in [9.17, 15) is 27.7 Å². The lowest BCUT2D eigenvalue weighted by Crippen LogP contribution is -2.51. The largest absolute Gasteiger partial charge is 0.336 e. The summed E-state index contributed by atoms with van der Waals surface area (Å²) in [6.45, 7) is -0.264. The van der Waals surface area contributed by atoms with Crippen molar-refractivity contribution in [2.75, 3.05) is 6.54 Å². The molecule has 0 spiro atoms. The molecule has 1 aliphatic heterocycles. The molecule has 0 unspecified atom stereocenters. The van der Waals surface area contributed by atoms with Crippen LogP contribution in [-0.4, -0.2) is 48.5 Å². The fourth-order valence-electron chi connectivity index (χ4n) is 4.95. The zero-order valence-electron chi connectivity index (χ0n) is 19.3. The molecule has 0 aromatic heterocycles. The molecule has 1 saturated heterocycles. The lowest BCUT2D eigenvalue weighted by Gasteiger charge is -2.29. The molecule has 5 rings (SSSR count). The molecule has 194 valence electrons. The van der Waals surface area contributed by atoms with Crippen LogP contribution in [0.25, 0.3) is 0 Å². The van der Waals surface area contributed by atoms with E-state index in [2.05, 4.69) is 11.4 Å². The van der Waals surface area contributed by atoms with Crippen LogP contribution in [0.4, 0.5) is 4.39 Å². The molecule has 0 bridgehead atoms. The summed E-state index contributed by atoms with van der Waals surface area (Å²) in [7, 11) is -4.02. The topological polar surface area (TPSA) is 107 Å². The molecule has 2 amide bonds. The number of amides is 2. The van der Waals surface area contributed by atoms with E-state index in [4.69, 9.17) is 34.8 Å². The quantitative estimate of drug-likeness (QED) is 0.506. The number of nitriles is 1. The third kappa shape index (κ3) is 4.48. The number of carbonyl (C=O) groups excluding carboxylic acids is 2. The molecular weight excluding hydrogens is 564 g/mol. The predicted octanol–water partition coefficient (Wildman–Crippen LogP) is 4.43. The van der Waals surface area contributed by atoms with Gasteiger partial charge in [0.1, 0.15) is 17.4 Å². The Hall–Kier alpha value is -2.38. The molecule has 0 radical (unpaired) electrons. The number of benzene rings is 2. The van der Waals surface area contributed by atoms with E-state index in [-0.39, 0.29) is 38.5 Å². The maximum atomic E-state index is 14.3. The Morgan fingerprint density at radius 1 is 1.05 bits per heavy atom. The first kappa shape index (κ1) is 26.2. The second-order valence-electron chi connectivity index (χ2n) is 9.82. The summed E-state index contributed by atoms with van der Waals surface area (Å²) in [5, 5.41) is 11.0. The lowest BCUT2D eigenvalue weighted by atomic mass is 9.93. The van der Waals surface area contributed by atoms with E-state index >= 15 is 0 Å². The molecule has 2 saturated carbocycles. The van der Waals surface area contributed by atoms with E-state index in [1.165, 1.54) is 23.1 Å². The zero-order valence-corrected chi connectivity index (χ0v) is 22.4. The Labute approximate surface area is 228 Å². The minimum absolute atomic E-state index is 0.0387. The van der Waals surface area contributed by atoms with Crippen molar-refractivity contribution in [3.05, 3.63) is 62.8 Å². The highest BCUT2D eigenvalue weighted by molar-refractivity contribution is 7.92. The molecule has 1 heterocycles. The first-order valence-electron chi connectivity index (χ1n) is 11.6. The number of halogens is 4. The summed E-state index contributed by atoms with van der Waals surface area (Å²) >= 11 is 18.3. The Morgan fingerprint density at radius 2 is 1.73 bits per heavy atom. The minimum Gasteiger partial charge on any atom is -0.336 e. The minimum atomic E-state index is -4.02. The Bertz CT molecular complexity index is 1470. The lowest BCUT2D eigenvalue weighted by molar-refractivity contribution is -0.140. The molecule has 3 fully saturated rings. The number of nitrogens with one attached hydrogen (secondary N) is 1. The van der Waals surface area contributed by atoms with Crippen LogP contribution in [-0.2, 0) is 24.8 Å². The SMILES string of the molecule is N#CC1(NC(=O)[C@@H]2C[C@@H](S(=O)(=O)c3ccccc3Cl)CN2C(=O)C2(c3cc(F)c(Cl)cc3Cl)CC2)CC1. The van der Waals surface area contributed by atoms with Gasteiger partial charge in [-0.25, -0.2) is 12.8 Å². The summed E-state index contributed by atoms with van der Waals surface area (Å²) in [4.78, 5) is 28.4. The summed E-state index contributed by atoms with van der Waals surface area (Å²) in [6.07, 6.45) is 1.47. The molecule has 2 aromatic carbocycles. The van der Waals surface area contributed by atoms with E-state index in [1.807, 2.05) is 0 Å². The molecule has 2 aromatic rings. The van der Waals surface area contributed by atoms with Gasteiger partial charge in [0.2, 0.25) is 11.8 Å². The van der Waals surface area contributed by atoms with Crippen molar-refractivity contribution in [3.63, 3.8) is 0 Å². The zero-order chi connectivity index (χ0) is 26.8. The van der Waals surface area contributed by atoms with Crippen molar-refractivity contribution < 1.29 is 22.4 Å². The van der Waals surface area contributed by atoms with Crippen molar-refractivity contribution in [2.24, 2.45) is 0 Å². The van der Waals surface area contributed by atoms with Gasteiger partial charge in [0.05, 0.1) is 31.7 Å². The van der Waals surface area contributed by atoms with Gasteiger partial charge in [-0.3, -0.25) is 9.59 Å². The number of nitrogens with zero attached hydrogens (tertiary/aromatic N) is 2. The van der Waals surface area contributed by atoms with E-state index in [1.54, 1.807) is 12.1 Å². The average molecular weight is 585 g/mol. The van der Waals surface area contributed by atoms with Gasteiger partial charge in [-0.05, 0) is 61.9 Å². The van der Waals surface area contributed by atoms with E-state index in [0.717, 1.165) is 6.07 Å². The first-order valence-corrected chi connectivity index (χ1v) is 14.3. The van der Waals surface area contributed by atoms with Gasteiger partial charge in [0.25, 0.3) is 0 Å². The van der Waals surface area contributed by atoms with Gasteiger partial charge in [0, 0.05) is 11.6 Å². The first-order chi connectivity index (χ1) is 17.4. The van der Waals surface area contributed by atoms with Crippen molar-refractivity contribution in [1.29, 1.82) is 5.26 Å². The van der Waals surface area contributed by atoms with Crippen molar-refractivity contribution >= 4 is 56.5 Å². The highest BCUT2D eigenvalue weighted by atomic mass is 35.5. The third-order valence-electron chi connectivity index (χ3n) is 7.42. The van der Waals surface area contributed by atoms with E-state index < -0.39 is 49.7 Å². The van der Waals surface area contributed by atoms with Crippen LogP contribution in [0, 0.1) is 17.1 Å². The number of hydrogen-bond acceptors (Lipinski definition) is 5. The number of rotatable bonds is 6. The molecule has 3 aliphatic rings. The smallest absolute Gasteiger partial charge is 0.244 e. The molecule has 2 atom stereocenters. The molecular formula is C25H21Cl3FN3O4S. The summed E-state index contributed by atoms with van der Waals surface area (Å²) in [5.74, 6) is -1.86. The highest BCUT2D eigenvalue weighted by Crippen LogP contribution is 2.53. The van der Waals surface area contributed by atoms with Crippen LogP contribution in [0.3, 0.4) is 0 Å². The normalized spacial score (nSPS) is 23.3. The van der Waals surface area contributed by atoms with Crippen LogP contribution in [0.2, 0.25) is 15.1 Å². The third-order valence-corrected chi connectivity index (χ3v) is 10.7. The van der Waals surface area contributed by atoms with Crippen LogP contribution in [0.5, 0.6) is 0 Å². The average Bonchev–Trinajstić information content (AvgIpc) is 3.78. The molecule has 37 heavy (non-hydrogen) atoms. The van der Waals surface area contributed by atoms with Gasteiger partial charge in [-0.2, -0.15) is 5.26 Å². The standard InChI is InChI=1S/C25H21Cl3FN3O4S/c26-16-3-1-2-4-21(16)37(35,36)14-9-20(22(33)31-24(13-30)5-6-24)32(12-14)23(34)25(7-8-25)15-10-19(29)18(28)11-17(15)27/h1-4,10-11,14,20H,5-9,12H2,(H,31,33)/t14-,20+/m1/s1. The molecule has 1 N–H and O–H groups in total. The predicted molar refractivity (Wildman–Crippen MR) is 136 cm³/mol. The second-order valence-corrected chi connectivity index (χ2v) is 13.2. The van der Waals surface area contributed by atoms with Gasteiger partial charge >= 0.3 is 0 Å². The summed E-state index contributed by atoms with van der Waals surface area (Å²) in [5.41, 5.74) is -1.96. The fraction of sp³-hybridized carbons (Fsp3) is 0.400. The van der Waals surface area contributed by atoms with Crippen LogP contribution >= 0.6 is 34.8 Å². The summed E-state index contributed by atoms with van der Waals surface area (Å²) < 4.78 is 41.4. The van der Waals surface area contributed by atoms with Gasteiger partial charge in [0.15, 0.2) is 9.84 Å². The fourth-order valence-corrected chi connectivity index (χ4v) is 7.73. The van der Waals surface area contributed by atoms with Gasteiger partial charge in [-0.15, -0.1) is 0 Å². The summed E-state index contributed by atoms with van der Waals surface area (Å²) in [6, 6.07) is 9.25. The second kappa shape index (κ2) is 9.12. The Balaban J connectivity index is 1.51. The molecule has 7 nitrogen and oxygen atoms in total. The molecule has 12 heteroatoms. The van der Waals surface area contributed by atoms with Crippen molar-refractivity contribution in [2.45, 2.75) is 59.2 Å². The maximum absolute atomic E-state index is 14.3. The Morgan fingerprint density at radius 3 is 2.32 bits per heavy atom. The van der Waals surface area contributed by atoms with E-state index in [0.29, 0.717) is 25.7 Å².